The Labute approximate surface area is 124 Å². The van der Waals surface area contributed by atoms with Crippen LogP contribution in [0.4, 0.5) is 0 Å². The van der Waals surface area contributed by atoms with E-state index in [2.05, 4.69) is 4.72 Å². The number of benzene rings is 1. The van der Waals surface area contributed by atoms with Crippen molar-refractivity contribution >= 4 is 11.9 Å². The largest absolute Gasteiger partial charge is 0.493 e. The summed E-state index contributed by atoms with van der Waals surface area (Å²) in [5.74, 6) is 1.28. The van der Waals surface area contributed by atoms with E-state index in [-0.39, 0.29) is 6.61 Å². The highest BCUT2D eigenvalue weighted by molar-refractivity contribution is 7.97. The molecule has 1 aromatic rings. The second-order valence-corrected chi connectivity index (χ2v) is 6.40. The van der Waals surface area contributed by atoms with Crippen molar-refractivity contribution < 1.29 is 14.6 Å². The van der Waals surface area contributed by atoms with Crippen molar-refractivity contribution in [3.8, 4) is 5.75 Å². The second-order valence-electron chi connectivity index (χ2n) is 5.49. The predicted molar refractivity (Wildman–Crippen MR) is 78.8 cm³/mol. The summed E-state index contributed by atoms with van der Waals surface area (Å²) in [6.45, 7) is 2.25. The minimum Gasteiger partial charge on any atom is -0.493 e. The van der Waals surface area contributed by atoms with Gasteiger partial charge < -0.3 is 14.6 Å². The van der Waals surface area contributed by atoms with Crippen molar-refractivity contribution in [3.63, 3.8) is 0 Å². The third-order valence-electron chi connectivity index (χ3n) is 3.83. The van der Waals surface area contributed by atoms with Crippen LogP contribution in [0.5, 0.6) is 5.75 Å². The normalized spacial score (nSPS) is 19.4. The second kappa shape index (κ2) is 6.80. The number of ether oxygens (including phenoxy) is 2. The first-order valence-electron chi connectivity index (χ1n) is 7.22. The van der Waals surface area contributed by atoms with Gasteiger partial charge in [-0.2, -0.15) is 0 Å². The zero-order valence-corrected chi connectivity index (χ0v) is 12.3. The summed E-state index contributed by atoms with van der Waals surface area (Å²) >= 11 is 1.65. The molecule has 1 aromatic carbocycles. The van der Waals surface area contributed by atoms with E-state index in [1.165, 1.54) is 19.3 Å². The Bertz CT molecular complexity index is 447. The fraction of sp³-hybridized carbons (Fsp3) is 0.600. The van der Waals surface area contributed by atoms with E-state index in [1.807, 2.05) is 18.2 Å². The summed E-state index contributed by atoms with van der Waals surface area (Å²) in [6.07, 6.45) is 3.87. The van der Waals surface area contributed by atoms with Gasteiger partial charge in [0.05, 0.1) is 26.4 Å². The van der Waals surface area contributed by atoms with E-state index in [0.29, 0.717) is 18.6 Å². The van der Waals surface area contributed by atoms with Crippen LogP contribution in [0.2, 0.25) is 0 Å². The van der Waals surface area contributed by atoms with Crippen LogP contribution in [0.3, 0.4) is 0 Å². The van der Waals surface area contributed by atoms with Crippen LogP contribution in [0.25, 0.3) is 0 Å². The predicted octanol–water partition coefficient (Wildman–Crippen LogP) is 2.35. The molecule has 3 rings (SSSR count). The van der Waals surface area contributed by atoms with E-state index in [4.69, 9.17) is 9.47 Å². The van der Waals surface area contributed by atoms with Crippen LogP contribution in [-0.2, 0) is 11.3 Å². The molecule has 110 valence electrons. The standard InChI is InChI=1S/C15H21NO3S/c17-7-12-6-14(20-16-13-2-1-3-13)4-5-15(12)19-10-11-8-18-9-11/h4-6,11,13,16-17H,1-3,7-10H2. The summed E-state index contributed by atoms with van der Waals surface area (Å²) < 4.78 is 14.4. The molecule has 0 radical (unpaired) electrons. The van der Waals surface area contributed by atoms with Crippen LogP contribution in [0.1, 0.15) is 24.8 Å². The topological polar surface area (TPSA) is 50.7 Å². The quantitative estimate of drug-likeness (QED) is 0.756. The molecular formula is C15H21NO3S. The molecule has 1 heterocycles. The zero-order chi connectivity index (χ0) is 13.8. The number of aliphatic hydroxyl groups excluding tert-OH is 1. The van der Waals surface area contributed by atoms with Gasteiger partial charge in [-0.3, -0.25) is 4.72 Å². The third kappa shape index (κ3) is 3.47. The van der Waals surface area contributed by atoms with E-state index in [1.54, 1.807) is 11.9 Å². The van der Waals surface area contributed by atoms with Gasteiger partial charge in [-0.25, -0.2) is 0 Å². The fourth-order valence-electron chi connectivity index (χ4n) is 2.15. The smallest absolute Gasteiger partial charge is 0.124 e. The molecule has 0 aromatic heterocycles. The van der Waals surface area contributed by atoms with Gasteiger partial charge in [0.25, 0.3) is 0 Å². The number of hydrogen-bond acceptors (Lipinski definition) is 5. The van der Waals surface area contributed by atoms with Gasteiger partial charge in [-0.05, 0) is 43.0 Å². The maximum atomic E-state index is 9.48. The molecule has 1 saturated carbocycles. The molecule has 1 aliphatic carbocycles. The van der Waals surface area contributed by atoms with Gasteiger partial charge in [0.1, 0.15) is 5.75 Å². The lowest BCUT2D eigenvalue weighted by Gasteiger charge is -2.26. The Hall–Kier alpha value is -0.750. The van der Waals surface area contributed by atoms with Crippen LogP contribution < -0.4 is 9.46 Å². The van der Waals surface area contributed by atoms with E-state index >= 15 is 0 Å². The first kappa shape index (κ1) is 14.2. The molecule has 5 heteroatoms. The number of hydrogen-bond donors (Lipinski definition) is 2. The van der Waals surface area contributed by atoms with Crippen molar-refractivity contribution in [2.75, 3.05) is 19.8 Å². The van der Waals surface area contributed by atoms with E-state index < -0.39 is 0 Å². The Morgan fingerprint density at radius 2 is 2.20 bits per heavy atom. The third-order valence-corrected chi connectivity index (χ3v) is 4.77. The van der Waals surface area contributed by atoms with Crippen molar-refractivity contribution in [1.29, 1.82) is 0 Å². The van der Waals surface area contributed by atoms with Gasteiger partial charge in [-0.15, -0.1) is 0 Å². The zero-order valence-electron chi connectivity index (χ0n) is 11.5. The van der Waals surface area contributed by atoms with Crippen LogP contribution in [-0.4, -0.2) is 31.0 Å². The highest BCUT2D eigenvalue weighted by Crippen LogP contribution is 2.28. The molecule has 0 spiro atoms. The monoisotopic (exact) mass is 295 g/mol. The molecule has 2 fully saturated rings. The van der Waals surface area contributed by atoms with E-state index in [9.17, 15) is 5.11 Å². The minimum absolute atomic E-state index is 0.00826. The lowest BCUT2D eigenvalue weighted by atomic mass is 9.94. The lowest BCUT2D eigenvalue weighted by Crippen LogP contribution is -2.32. The first-order chi connectivity index (χ1) is 9.85. The van der Waals surface area contributed by atoms with Gasteiger partial charge in [-0.1, -0.05) is 6.42 Å². The average Bonchev–Trinajstić information content (AvgIpc) is 2.36. The van der Waals surface area contributed by atoms with Gasteiger partial charge in [0.15, 0.2) is 0 Å². The van der Waals surface area contributed by atoms with Crippen LogP contribution in [0, 0.1) is 5.92 Å². The SMILES string of the molecule is OCc1cc(SNC2CCC2)ccc1OCC1COC1. The summed E-state index contributed by atoms with van der Waals surface area (Å²) in [6, 6.07) is 6.65. The minimum atomic E-state index is 0.00826. The van der Waals surface area contributed by atoms with Crippen molar-refractivity contribution in [1.82, 2.24) is 4.72 Å². The molecule has 0 atom stereocenters. The summed E-state index contributed by atoms with van der Waals surface area (Å²) in [4.78, 5) is 1.13. The summed E-state index contributed by atoms with van der Waals surface area (Å²) in [5, 5.41) is 9.48. The van der Waals surface area contributed by atoms with Gasteiger partial charge >= 0.3 is 0 Å². The highest BCUT2D eigenvalue weighted by Gasteiger charge is 2.20. The van der Waals surface area contributed by atoms with Gasteiger partial charge in [0, 0.05) is 22.4 Å². The number of rotatable bonds is 7. The maximum absolute atomic E-state index is 9.48. The van der Waals surface area contributed by atoms with Crippen molar-refractivity contribution in [2.24, 2.45) is 5.92 Å². The lowest BCUT2D eigenvalue weighted by molar-refractivity contribution is -0.0510. The molecule has 1 aliphatic heterocycles. The summed E-state index contributed by atoms with van der Waals surface area (Å²) in [5.41, 5.74) is 0.852. The Morgan fingerprint density at radius 3 is 2.80 bits per heavy atom. The van der Waals surface area contributed by atoms with Crippen LogP contribution in [0.15, 0.2) is 23.1 Å². The average molecular weight is 295 g/mol. The Morgan fingerprint density at radius 1 is 1.35 bits per heavy atom. The van der Waals surface area contributed by atoms with E-state index in [0.717, 1.165) is 29.4 Å². The van der Waals surface area contributed by atoms with Gasteiger partial charge in [0.2, 0.25) is 0 Å². The first-order valence-corrected chi connectivity index (χ1v) is 8.03. The molecule has 20 heavy (non-hydrogen) atoms. The van der Waals surface area contributed by atoms with Crippen molar-refractivity contribution in [2.45, 2.75) is 36.8 Å². The molecule has 0 unspecified atom stereocenters. The van der Waals surface area contributed by atoms with Crippen LogP contribution >= 0.6 is 11.9 Å². The molecule has 2 N–H and O–H groups in total. The Kier molecular flexibility index (Phi) is 4.83. The maximum Gasteiger partial charge on any atom is 0.124 e. The molecule has 1 saturated heterocycles. The Balaban J connectivity index is 1.55. The number of nitrogens with one attached hydrogen (secondary N) is 1. The molecular weight excluding hydrogens is 274 g/mol. The van der Waals surface area contributed by atoms with Crippen molar-refractivity contribution in [3.05, 3.63) is 23.8 Å². The molecule has 4 nitrogen and oxygen atoms in total. The fourth-order valence-corrected chi connectivity index (χ4v) is 3.03. The highest BCUT2D eigenvalue weighted by atomic mass is 32.2. The number of aliphatic hydroxyl groups is 1. The molecule has 0 amide bonds. The molecule has 2 aliphatic rings. The summed E-state index contributed by atoms with van der Waals surface area (Å²) in [7, 11) is 0. The molecule has 0 bridgehead atoms.